The fraction of sp³-hybridized carbons (Fsp3) is 0.188. The second-order valence-corrected chi connectivity index (χ2v) is 4.81. The lowest BCUT2D eigenvalue weighted by Gasteiger charge is -2.08. The highest BCUT2D eigenvalue weighted by Crippen LogP contribution is 2.31. The first-order valence-corrected chi connectivity index (χ1v) is 6.40. The highest BCUT2D eigenvalue weighted by Gasteiger charge is 2.18. The molecule has 0 saturated carbocycles. The van der Waals surface area contributed by atoms with Crippen LogP contribution in [0.4, 0.5) is 4.39 Å². The number of nitrogens with zero attached hydrogens (tertiary/aromatic N) is 1. The van der Waals surface area contributed by atoms with Crippen molar-refractivity contribution >= 4 is 11.0 Å². The Labute approximate surface area is 115 Å². The summed E-state index contributed by atoms with van der Waals surface area (Å²) in [6, 6.07) is 8.06. The molecule has 0 aliphatic carbocycles. The van der Waals surface area contributed by atoms with Gasteiger partial charge >= 0.3 is 0 Å². The Hall–Kier alpha value is -2.20. The molecule has 0 aliphatic heterocycles. The standard InChI is InChI=1S/C16H14FNO2/c1-10-13-9-12(17)2-3-15(13)20-16(10)14(19)8-11-4-6-18-7-5-11/h2-7,9,14,19H,8H2,1H3. The number of aliphatic hydroxyl groups is 1. The van der Waals surface area contributed by atoms with Crippen LogP contribution in [0.1, 0.15) is 23.0 Å². The fourth-order valence-corrected chi connectivity index (χ4v) is 2.36. The zero-order valence-corrected chi connectivity index (χ0v) is 11.0. The van der Waals surface area contributed by atoms with Gasteiger partial charge in [-0.15, -0.1) is 0 Å². The van der Waals surface area contributed by atoms with E-state index in [0.717, 1.165) is 11.1 Å². The van der Waals surface area contributed by atoms with Gasteiger partial charge in [-0.3, -0.25) is 4.98 Å². The molecule has 3 rings (SSSR count). The van der Waals surface area contributed by atoms with Crippen LogP contribution >= 0.6 is 0 Å². The van der Waals surface area contributed by atoms with Crippen LogP contribution in [0.25, 0.3) is 11.0 Å². The summed E-state index contributed by atoms with van der Waals surface area (Å²) in [6.07, 6.45) is 3.05. The van der Waals surface area contributed by atoms with Crippen molar-refractivity contribution in [1.29, 1.82) is 0 Å². The summed E-state index contributed by atoms with van der Waals surface area (Å²) in [5, 5.41) is 11.0. The van der Waals surface area contributed by atoms with E-state index in [9.17, 15) is 9.50 Å². The van der Waals surface area contributed by atoms with E-state index in [1.54, 1.807) is 18.5 Å². The van der Waals surface area contributed by atoms with Crippen molar-refractivity contribution in [2.45, 2.75) is 19.4 Å². The van der Waals surface area contributed by atoms with E-state index in [-0.39, 0.29) is 5.82 Å². The van der Waals surface area contributed by atoms with Crippen LogP contribution in [0.5, 0.6) is 0 Å². The van der Waals surface area contributed by atoms with Gasteiger partial charge in [-0.25, -0.2) is 4.39 Å². The maximum absolute atomic E-state index is 13.3. The summed E-state index contributed by atoms with van der Waals surface area (Å²) in [5.41, 5.74) is 2.34. The minimum atomic E-state index is -0.757. The third-order valence-electron chi connectivity index (χ3n) is 3.42. The molecular weight excluding hydrogens is 257 g/mol. The molecule has 2 heterocycles. The second kappa shape index (κ2) is 5.06. The van der Waals surface area contributed by atoms with Crippen LogP contribution in [0.15, 0.2) is 47.1 Å². The molecule has 0 bridgehead atoms. The Bertz CT molecular complexity index is 737. The molecule has 2 aromatic heterocycles. The van der Waals surface area contributed by atoms with Gasteiger partial charge < -0.3 is 9.52 Å². The van der Waals surface area contributed by atoms with E-state index in [0.29, 0.717) is 23.2 Å². The lowest BCUT2D eigenvalue weighted by molar-refractivity contribution is 0.151. The zero-order valence-electron chi connectivity index (χ0n) is 11.0. The Balaban J connectivity index is 1.95. The lowest BCUT2D eigenvalue weighted by atomic mass is 10.0. The maximum atomic E-state index is 13.3. The molecule has 4 heteroatoms. The first-order valence-electron chi connectivity index (χ1n) is 6.40. The van der Waals surface area contributed by atoms with Gasteiger partial charge in [0, 0.05) is 29.8 Å². The molecule has 1 atom stereocenters. The van der Waals surface area contributed by atoms with Crippen molar-refractivity contribution in [3.8, 4) is 0 Å². The van der Waals surface area contributed by atoms with E-state index < -0.39 is 6.10 Å². The number of hydrogen-bond donors (Lipinski definition) is 1. The summed E-state index contributed by atoms with van der Waals surface area (Å²) in [6.45, 7) is 1.83. The maximum Gasteiger partial charge on any atom is 0.137 e. The lowest BCUT2D eigenvalue weighted by Crippen LogP contribution is -2.02. The molecule has 0 saturated heterocycles. The Morgan fingerprint density at radius 3 is 2.75 bits per heavy atom. The summed E-state index contributed by atoms with van der Waals surface area (Å²) in [4.78, 5) is 3.94. The molecule has 1 unspecified atom stereocenters. The SMILES string of the molecule is Cc1c(C(O)Cc2ccncc2)oc2ccc(F)cc12. The van der Waals surface area contributed by atoms with Crippen LogP contribution < -0.4 is 0 Å². The smallest absolute Gasteiger partial charge is 0.137 e. The van der Waals surface area contributed by atoms with Crippen LogP contribution in [-0.2, 0) is 6.42 Å². The van der Waals surface area contributed by atoms with E-state index in [4.69, 9.17) is 4.42 Å². The fourth-order valence-electron chi connectivity index (χ4n) is 2.36. The third kappa shape index (κ3) is 2.30. The summed E-state index contributed by atoms with van der Waals surface area (Å²) in [5.74, 6) is 0.180. The normalized spacial score (nSPS) is 12.8. The predicted molar refractivity (Wildman–Crippen MR) is 73.8 cm³/mol. The van der Waals surface area contributed by atoms with Crippen molar-refractivity contribution in [2.75, 3.05) is 0 Å². The average Bonchev–Trinajstić information content (AvgIpc) is 2.77. The van der Waals surface area contributed by atoms with Gasteiger partial charge in [0.2, 0.25) is 0 Å². The number of aryl methyl sites for hydroxylation is 1. The molecule has 0 radical (unpaired) electrons. The number of aliphatic hydroxyl groups excluding tert-OH is 1. The van der Waals surface area contributed by atoms with Crippen molar-refractivity contribution in [2.24, 2.45) is 0 Å². The molecule has 0 aliphatic rings. The first kappa shape index (κ1) is 12.8. The molecule has 102 valence electrons. The minimum Gasteiger partial charge on any atom is -0.458 e. The number of rotatable bonds is 3. The largest absolute Gasteiger partial charge is 0.458 e. The van der Waals surface area contributed by atoms with Crippen molar-refractivity contribution in [1.82, 2.24) is 4.98 Å². The van der Waals surface area contributed by atoms with Gasteiger partial charge in [0.05, 0.1) is 0 Å². The number of hydrogen-bond acceptors (Lipinski definition) is 3. The molecule has 0 fully saturated rings. The van der Waals surface area contributed by atoms with Gasteiger partial charge in [0.25, 0.3) is 0 Å². The topological polar surface area (TPSA) is 46.3 Å². The van der Waals surface area contributed by atoms with Crippen molar-refractivity contribution in [3.05, 3.63) is 65.4 Å². The number of benzene rings is 1. The highest BCUT2D eigenvalue weighted by atomic mass is 19.1. The molecule has 0 spiro atoms. The zero-order chi connectivity index (χ0) is 14.1. The number of fused-ring (bicyclic) bond motifs is 1. The van der Waals surface area contributed by atoms with E-state index >= 15 is 0 Å². The van der Waals surface area contributed by atoms with Crippen molar-refractivity contribution in [3.63, 3.8) is 0 Å². The molecule has 20 heavy (non-hydrogen) atoms. The third-order valence-corrected chi connectivity index (χ3v) is 3.42. The minimum absolute atomic E-state index is 0.309. The number of halogens is 1. The van der Waals surface area contributed by atoms with Gasteiger partial charge in [-0.05, 0) is 42.8 Å². The van der Waals surface area contributed by atoms with E-state index in [2.05, 4.69) is 4.98 Å². The predicted octanol–water partition coefficient (Wildman–Crippen LogP) is 3.55. The molecule has 3 aromatic rings. The first-order chi connectivity index (χ1) is 9.65. The molecule has 1 N–H and O–H groups in total. The van der Waals surface area contributed by atoms with E-state index in [1.165, 1.54) is 12.1 Å². The number of aromatic nitrogens is 1. The van der Waals surface area contributed by atoms with Crippen LogP contribution in [0.2, 0.25) is 0 Å². The number of pyridine rings is 1. The Morgan fingerprint density at radius 2 is 2.00 bits per heavy atom. The van der Waals surface area contributed by atoms with Gasteiger partial charge in [-0.1, -0.05) is 0 Å². The molecule has 3 nitrogen and oxygen atoms in total. The van der Waals surface area contributed by atoms with Gasteiger partial charge in [0.15, 0.2) is 0 Å². The average molecular weight is 271 g/mol. The van der Waals surface area contributed by atoms with Crippen LogP contribution in [0.3, 0.4) is 0 Å². The van der Waals surface area contributed by atoms with Crippen LogP contribution in [-0.4, -0.2) is 10.1 Å². The van der Waals surface area contributed by atoms with Crippen molar-refractivity contribution < 1.29 is 13.9 Å². The Morgan fingerprint density at radius 1 is 1.25 bits per heavy atom. The van der Waals surface area contributed by atoms with E-state index in [1.807, 2.05) is 19.1 Å². The van der Waals surface area contributed by atoms with Crippen LogP contribution in [0, 0.1) is 12.7 Å². The van der Waals surface area contributed by atoms with Gasteiger partial charge in [-0.2, -0.15) is 0 Å². The molecular formula is C16H14FNO2. The second-order valence-electron chi connectivity index (χ2n) is 4.81. The number of furan rings is 1. The summed E-state index contributed by atoms with van der Waals surface area (Å²) in [7, 11) is 0. The Kier molecular flexibility index (Phi) is 3.24. The summed E-state index contributed by atoms with van der Waals surface area (Å²) < 4.78 is 18.9. The quantitative estimate of drug-likeness (QED) is 0.792. The highest BCUT2D eigenvalue weighted by molar-refractivity contribution is 5.82. The van der Waals surface area contributed by atoms with Gasteiger partial charge in [0.1, 0.15) is 23.3 Å². The monoisotopic (exact) mass is 271 g/mol. The summed E-state index contributed by atoms with van der Waals surface area (Å²) >= 11 is 0. The molecule has 0 amide bonds. The molecule has 1 aromatic carbocycles.